The predicted octanol–water partition coefficient (Wildman–Crippen LogP) is 1.50. The zero-order valence-electron chi connectivity index (χ0n) is 11.1. The highest BCUT2D eigenvalue weighted by molar-refractivity contribution is 5.74. The molecule has 18 heavy (non-hydrogen) atoms. The highest BCUT2D eigenvalue weighted by Gasteiger charge is 2.39. The summed E-state index contributed by atoms with van der Waals surface area (Å²) in [4.78, 5) is 17.9. The van der Waals surface area contributed by atoms with E-state index in [1.807, 2.05) is 24.7 Å². The van der Waals surface area contributed by atoms with Gasteiger partial charge in [-0.05, 0) is 32.4 Å². The first-order chi connectivity index (χ1) is 8.57. The fourth-order valence-corrected chi connectivity index (χ4v) is 2.61. The van der Waals surface area contributed by atoms with Crippen LogP contribution in [0, 0.1) is 5.41 Å². The minimum atomic E-state index is -0.637. The molecule has 5 nitrogen and oxygen atoms in total. The summed E-state index contributed by atoms with van der Waals surface area (Å²) in [5.41, 5.74) is -0.502. The second-order valence-corrected chi connectivity index (χ2v) is 5.17. The third-order valence-electron chi connectivity index (χ3n) is 4.23. The van der Waals surface area contributed by atoms with Crippen LogP contribution in [0.25, 0.3) is 0 Å². The summed E-state index contributed by atoms with van der Waals surface area (Å²) in [5.74, 6) is 0.399. The summed E-state index contributed by atoms with van der Waals surface area (Å²) >= 11 is 0. The molecule has 0 radical (unpaired) electrons. The van der Waals surface area contributed by atoms with Crippen LogP contribution in [0.5, 0.6) is 0 Å². The zero-order valence-corrected chi connectivity index (χ0v) is 11.1. The number of piperidine rings is 1. The van der Waals surface area contributed by atoms with E-state index in [0.717, 1.165) is 44.7 Å². The summed E-state index contributed by atoms with van der Waals surface area (Å²) in [6, 6.07) is 0. The summed E-state index contributed by atoms with van der Waals surface area (Å²) in [6.45, 7) is 4.46. The van der Waals surface area contributed by atoms with Crippen molar-refractivity contribution in [1.29, 1.82) is 0 Å². The minimum Gasteiger partial charge on any atom is -0.481 e. The zero-order chi connectivity index (χ0) is 13.2. The van der Waals surface area contributed by atoms with E-state index in [9.17, 15) is 9.90 Å². The SMILES string of the molecule is CCC1(C(=O)O)CCN(Cc2nccn2C)CC1. The Balaban J connectivity index is 1.94. The molecule has 0 spiro atoms. The molecule has 0 bridgehead atoms. The number of aliphatic carboxylic acids is 1. The van der Waals surface area contributed by atoms with Gasteiger partial charge in [0.2, 0.25) is 0 Å². The maximum absolute atomic E-state index is 11.4. The smallest absolute Gasteiger partial charge is 0.309 e. The molecule has 0 saturated carbocycles. The molecule has 1 aliphatic heterocycles. The van der Waals surface area contributed by atoms with Crippen LogP contribution >= 0.6 is 0 Å². The van der Waals surface area contributed by atoms with Crippen LogP contribution in [0.3, 0.4) is 0 Å². The second kappa shape index (κ2) is 5.10. The quantitative estimate of drug-likeness (QED) is 0.881. The average Bonchev–Trinajstić information content (AvgIpc) is 2.76. The van der Waals surface area contributed by atoms with Crippen molar-refractivity contribution in [2.45, 2.75) is 32.7 Å². The number of likely N-dealkylation sites (tertiary alicyclic amines) is 1. The van der Waals surface area contributed by atoms with Crippen molar-refractivity contribution in [1.82, 2.24) is 14.5 Å². The molecule has 2 heterocycles. The summed E-state index contributed by atoms with van der Waals surface area (Å²) in [5, 5.41) is 9.34. The number of aryl methyl sites for hydroxylation is 1. The largest absolute Gasteiger partial charge is 0.481 e. The fourth-order valence-electron chi connectivity index (χ4n) is 2.61. The van der Waals surface area contributed by atoms with Crippen LogP contribution in [0.2, 0.25) is 0 Å². The van der Waals surface area contributed by atoms with Gasteiger partial charge in [-0.15, -0.1) is 0 Å². The van der Waals surface area contributed by atoms with Gasteiger partial charge in [0.1, 0.15) is 5.82 Å². The van der Waals surface area contributed by atoms with Gasteiger partial charge in [-0.3, -0.25) is 9.69 Å². The molecular weight excluding hydrogens is 230 g/mol. The monoisotopic (exact) mass is 251 g/mol. The predicted molar refractivity (Wildman–Crippen MR) is 68.1 cm³/mol. The number of hydrogen-bond acceptors (Lipinski definition) is 3. The molecule has 0 amide bonds. The van der Waals surface area contributed by atoms with E-state index in [4.69, 9.17) is 0 Å². The molecule has 0 aromatic carbocycles. The van der Waals surface area contributed by atoms with Gasteiger partial charge in [0.25, 0.3) is 0 Å². The van der Waals surface area contributed by atoms with Gasteiger partial charge in [-0.25, -0.2) is 4.98 Å². The van der Waals surface area contributed by atoms with E-state index in [0.29, 0.717) is 0 Å². The molecule has 1 aromatic rings. The maximum atomic E-state index is 11.4. The van der Waals surface area contributed by atoms with Crippen molar-refractivity contribution in [3.8, 4) is 0 Å². The van der Waals surface area contributed by atoms with Crippen molar-refractivity contribution >= 4 is 5.97 Å². The lowest BCUT2D eigenvalue weighted by molar-refractivity contribution is -0.152. The van der Waals surface area contributed by atoms with Crippen LogP contribution < -0.4 is 0 Å². The summed E-state index contributed by atoms with van der Waals surface area (Å²) in [7, 11) is 1.99. The van der Waals surface area contributed by atoms with E-state index in [1.165, 1.54) is 0 Å². The summed E-state index contributed by atoms with van der Waals surface area (Å²) in [6.07, 6.45) is 5.94. The van der Waals surface area contributed by atoms with E-state index < -0.39 is 11.4 Å². The Morgan fingerprint density at radius 1 is 1.50 bits per heavy atom. The Morgan fingerprint density at radius 3 is 2.61 bits per heavy atom. The molecule has 1 fully saturated rings. The standard InChI is InChI=1S/C13H21N3O2/c1-3-13(12(17)18)4-7-16(8-5-13)10-11-14-6-9-15(11)2/h6,9H,3-5,7-8,10H2,1-2H3,(H,17,18). The normalized spacial score (nSPS) is 19.9. The molecule has 1 N–H and O–H groups in total. The molecule has 1 aromatic heterocycles. The number of carbonyl (C=O) groups is 1. The molecule has 100 valence electrons. The van der Waals surface area contributed by atoms with Crippen molar-refractivity contribution in [2.24, 2.45) is 12.5 Å². The second-order valence-electron chi connectivity index (χ2n) is 5.17. The van der Waals surface area contributed by atoms with Gasteiger partial charge in [-0.1, -0.05) is 6.92 Å². The molecule has 5 heteroatoms. The highest BCUT2D eigenvalue weighted by Crippen LogP contribution is 2.35. The Kier molecular flexibility index (Phi) is 3.71. The number of hydrogen-bond donors (Lipinski definition) is 1. The Hall–Kier alpha value is -1.36. The van der Waals surface area contributed by atoms with Gasteiger partial charge in [0, 0.05) is 19.4 Å². The number of aromatic nitrogens is 2. The molecule has 1 aliphatic rings. The Labute approximate surface area is 107 Å². The van der Waals surface area contributed by atoms with Gasteiger partial charge < -0.3 is 9.67 Å². The first kappa shape index (κ1) is 13.1. The fraction of sp³-hybridized carbons (Fsp3) is 0.692. The van der Waals surface area contributed by atoms with Crippen molar-refractivity contribution < 1.29 is 9.90 Å². The summed E-state index contributed by atoms with van der Waals surface area (Å²) < 4.78 is 2.01. The van der Waals surface area contributed by atoms with Crippen LogP contribution in [0.15, 0.2) is 12.4 Å². The molecule has 2 rings (SSSR count). The molecule has 0 aliphatic carbocycles. The third kappa shape index (κ3) is 2.41. The lowest BCUT2D eigenvalue weighted by atomic mass is 9.76. The van der Waals surface area contributed by atoms with Gasteiger partial charge >= 0.3 is 5.97 Å². The Bertz CT molecular complexity index is 420. The molecule has 0 atom stereocenters. The van der Waals surface area contributed by atoms with E-state index >= 15 is 0 Å². The third-order valence-corrected chi connectivity index (χ3v) is 4.23. The topological polar surface area (TPSA) is 58.4 Å². The van der Waals surface area contributed by atoms with E-state index in [2.05, 4.69) is 9.88 Å². The minimum absolute atomic E-state index is 0.502. The molecular formula is C13H21N3O2. The van der Waals surface area contributed by atoms with E-state index in [1.54, 1.807) is 6.20 Å². The lowest BCUT2D eigenvalue weighted by Crippen LogP contribution is -2.44. The number of nitrogens with zero attached hydrogens (tertiary/aromatic N) is 3. The van der Waals surface area contributed by atoms with Gasteiger partial charge in [-0.2, -0.15) is 0 Å². The van der Waals surface area contributed by atoms with Crippen molar-refractivity contribution in [2.75, 3.05) is 13.1 Å². The number of carboxylic acid groups (broad SMARTS) is 1. The van der Waals surface area contributed by atoms with Crippen LogP contribution in [0.1, 0.15) is 32.0 Å². The number of carboxylic acids is 1. The van der Waals surface area contributed by atoms with Crippen LogP contribution in [-0.2, 0) is 18.4 Å². The molecule has 0 unspecified atom stereocenters. The van der Waals surface area contributed by atoms with Gasteiger partial charge in [0.05, 0.1) is 12.0 Å². The van der Waals surface area contributed by atoms with Crippen molar-refractivity contribution in [3.63, 3.8) is 0 Å². The number of rotatable bonds is 4. The van der Waals surface area contributed by atoms with Crippen molar-refractivity contribution in [3.05, 3.63) is 18.2 Å². The first-order valence-corrected chi connectivity index (χ1v) is 6.49. The highest BCUT2D eigenvalue weighted by atomic mass is 16.4. The molecule has 1 saturated heterocycles. The Morgan fingerprint density at radius 2 is 2.17 bits per heavy atom. The van der Waals surface area contributed by atoms with Crippen LogP contribution in [-0.4, -0.2) is 38.6 Å². The maximum Gasteiger partial charge on any atom is 0.309 e. The number of imidazole rings is 1. The van der Waals surface area contributed by atoms with Gasteiger partial charge in [0.15, 0.2) is 0 Å². The van der Waals surface area contributed by atoms with Crippen LogP contribution in [0.4, 0.5) is 0 Å². The lowest BCUT2D eigenvalue weighted by Gasteiger charge is -2.38. The first-order valence-electron chi connectivity index (χ1n) is 6.49. The average molecular weight is 251 g/mol. The van der Waals surface area contributed by atoms with E-state index in [-0.39, 0.29) is 0 Å².